The highest BCUT2D eigenvalue weighted by molar-refractivity contribution is 5.97. The van der Waals surface area contributed by atoms with E-state index in [1.807, 2.05) is 0 Å². The van der Waals surface area contributed by atoms with Crippen molar-refractivity contribution in [2.45, 2.75) is 58.6 Å². The summed E-state index contributed by atoms with van der Waals surface area (Å²) in [6.07, 6.45) is 2.73. The van der Waals surface area contributed by atoms with E-state index in [-0.39, 0.29) is 6.04 Å². The molecule has 1 rings (SSSR count). The Hall–Kier alpha value is -1.10. The molecule has 1 fully saturated rings. The van der Waals surface area contributed by atoms with E-state index in [0.29, 0.717) is 12.8 Å². The van der Waals surface area contributed by atoms with Crippen molar-refractivity contribution in [3.63, 3.8) is 0 Å². The van der Waals surface area contributed by atoms with E-state index in [1.54, 1.807) is 20.8 Å². The minimum atomic E-state index is -1.12. The van der Waals surface area contributed by atoms with Crippen LogP contribution in [-0.4, -0.2) is 34.2 Å². The lowest BCUT2D eigenvalue weighted by atomic mass is 9.79. The van der Waals surface area contributed by atoms with Gasteiger partial charge in [-0.3, -0.25) is 9.59 Å². The molecule has 0 spiro atoms. The molecule has 5 heteroatoms. The topological polar surface area (TPSA) is 86.6 Å². The smallest absolute Gasteiger partial charge is 0.316 e. The summed E-state index contributed by atoms with van der Waals surface area (Å²) < 4.78 is 0. The van der Waals surface area contributed by atoms with E-state index < -0.39 is 29.3 Å². The van der Waals surface area contributed by atoms with Gasteiger partial charge in [-0.15, -0.1) is 0 Å². The molecule has 0 radical (unpaired) electrons. The number of nitrogens with one attached hydrogen (secondary N) is 1. The Bertz CT molecular complexity index is 321. The Kier molecular flexibility index (Phi) is 4.73. The molecular weight excluding hydrogens is 234 g/mol. The Labute approximate surface area is 108 Å². The van der Waals surface area contributed by atoms with Crippen LogP contribution in [0.4, 0.5) is 0 Å². The Morgan fingerprint density at radius 3 is 2.22 bits per heavy atom. The van der Waals surface area contributed by atoms with Crippen molar-refractivity contribution in [2.75, 3.05) is 0 Å². The Morgan fingerprint density at radius 2 is 1.78 bits per heavy atom. The van der Waals surface area contributed by atoms with Crippen molar-refractivity contribution >= 4 is 11.9 Å². The molecule has 1 saturated carbocycles. The van der Waals surface area contributed by atoms with Gasteiger partial charge in [0.05, 0.1) is 12.1 Å². The second kappa shape index (κ2) is 5.69. The van der Waals surface area contributed by atoms with Crippen LogP contribution >= 0.6 is 0 Å². The highest BCUT2D eigenvalue weighted by Gasteiger charge is 2.39. The zero-order chi connectivity index (χ0) is 13.9. The normalized spacial score (nSPS) is 26.4. The minimum Gasteiger partial charge on any atom is -0.481 e. The van der Waals surface area contributed by atoms with Crippen molar-refractivity contribution in [1.29, 1.82) is 0 Å². The molecule has 18 heavy (non-hydrogen) atoms. The van der Waals surface area contributed by atoms with Crippen LogP contribution in [-0.2, 0) is 9.59 Å². The van der Waals surface area contributed by atoms with E-state index in [1.165, 1.54) is 0 Å². The SMILES string of the molecule is CC(C)(C)C(C(=O)O)C(=O)NC1CCCCC1O. The van der Waals surface area contributed by atoms with Gasteiger partial charge in [-0.25, -0.2) is 0 Å². The zero-order valence-corrected chi connectivity index (χ0v) is 11.3. The average Bonchev–Trinajstić information content (AvgIpc) is 2.18. The number of rotatable bonds is 3. The number of aliphatic hydroxyl groups is 1. The summed E-state index contributed by atoms with van der Waals surface area (Å²) in [5, 5.41) is 21.6. The van der Waals surface area contributed by atoms with Crippen molar-refractivity contribution in [2.24, 2.45) is 11.3 Å². The molecule has 0 aromatic rings. The first kappa shape index (κ1) is 15.0. The van der Waals surface area contributed by atoms with E-state index in [2.05, 4.69) is 5.32 Å². The molecule has 3 unspecified atom stereocenters. The fourth-order valence-corrected chi connectivity index (χ4v) is 2.42. The standard InChI is InChI=1S/C13H23NO4/c1-13(2,3)10(12(17)18)11(16)14-8-6-4-5-7-9(8)15/h8-10,15H,4-7H2,1-3H3,(H,14,16)(H,17,18). The third-order valence-electron chi connectivity index (χ3n) is 3.43. The highest BCUT2D eigenvalue weighted by atomic mass is 16.4. The summed E-state index contributed by atoms with van der Waals surface area (Å²) in [7, 11) is 0. The van der Waals surface area contributed by atoms with Crippen molar-refractivity contribution in [3.05, 3.63) is 0 Å². The first-order chi connectivity index (χ1) is 8.23. The molecule has 0 heterocycles. The molecule has 3 N–H and O–H groups in total. The molecule has 1 aliphatic carbocycles. The van der Waals surface area contributed by atoms with Crippen LogP contribution in [0, 0.1) is 11.3 Å². The van der Waals surface area contributed by atoms with E-state index >= 15 is 0 Å². The van der Waals surface area contributed by atoms with Crippen LogP contribution < -0.4 is 5.32 Å². The van der Waals surface area contributed by atoms with Crippen LogP contribution in [0.25, 0.3) is 0 Å². The Morgan fingerprint density at radius 1 is 1.22 bits per heavy atom. The Balaban J connectivity index is 2.70. The van der Waals surface area contributed by atoms with Gasteiger partial charge in [0.15, 0.2) is 0 Å². The van der Waals surface area contributed by atoms with E-state index in [9.17, 15) is 14.7 Å². The monoisotopic (exact) mass is 257 g/mol. The third kappa shape index (κ3) is 3.70. The van der Waals surface area contributed by atoms with Gasteiger partial charge in [-0.2, -0.15) is 0 Å². The number of hydrogen-bond donors (Lipinski definition) is 3. The predicted octanol–water partition coefficient (Wildman–Crippen LogP) is 1.15. The van der Waals surface area contributed by atoms with Gasteiger partial charge in [0, 0.05) is 0 Å². The number of aliphatic hydroxyl groups excluding tert-OH is 1. The molecule has 1 aliphatic rings. The molecule has 5 nitrogen and oxygen atoms in total. The highest BCUT2D eigenvalue weighted by Crippen LogP contribution is 2.27. The summed E-state index contributed by atoms with van der Waals surface area (Å²) in [5.74, 6) is -2.71. The molecule has 1 amide bonds. The maximum atomic E-state index is 12.0. The quantitative estimate of drug-likeness (QED) is 0.662. The van der Waals surface area contributed by atoms with Crippen molar-refractivity contribution < 1.29 is 19.8 Å². The number of carboxylic acids is 1. The number of carbonyl (C=O) groups excluding carboxylic acids is 1. The maximum Gasteiger partial charge on any atom is 0.316 e. The summed E-state index contributed by atoms with van der Waals surface area (Å²) in [6, 6.07) is -0.310. The average molecular weight is 257 g/mol. The van der Waals surface area contributed by atoms with Gasteiger partial charge in [0.2, 0.25) is 5.91 Å². The maximum absolute atomic E-state index is 12.0. The van der Waals surface area contributed by atoms with Gasteiger partial charge >= 0.3 is 5.97 Å². The summed E-state index contributed by atoms with van der Waals surface area (Å²) in [4.78, 5) is 23.2. The third-order valence-corrected chi connectivity index (χ3v) is 3.43. The molecule has 0 saturated heterocycles. The minimum absolute atomic E-state index is 0.310. The van der Waals surface area contributed by atoms with Gasteiger partial charge < -0.3 is 15.5 Å². The largest absolute Gasteiger partial charge is 0.481 e. The first-order valence-electron chi connectivity index (χ1n) is 6.44. The van der Waals surface area contributed by atoms with E-state index in [0.717, 1.165) is 12.8 Å². The molecule has 0 aromatic carbocycles. The number of amides is 1. The summed E-state index contributed by atoms with van der Waals surface area (Å²) in [5.41, 5.74) is -0.643. The first-order valence-corrected chi connectivity index (χ1v) is 6.44. The van der Waals surface area contributed by atoms with Gasteiger partial charge in [-0.1, -0.05) is 33.6 Å². The van der Waals surface area contributed by atoms with Crippen molar-refractivity contribution in [1.82, 2.24) is 5.32 Å². The molecule has 104 valence electrons. The fourth-order valence-electron chi connectivity index (χ4n) is 2.42. The number of carboxylic acid groups (broad SMARTS) is 1. The molecule has 3 atom stereocenters. The van der Waals surface area contributed by atoms with Gasteiger partial charge in [0.25, 0.3) is 0 Å². The molecule has 0 bridgehead atoms. The molecular formula is C13H23NO4. The summed E-state index contributed by atoms with van der Waals surface area (Å²) in [6.45, 7) is 5.17. The number of carbonyl (C=O) groups is 2. The van der Waals surface area contributed by atoms with Gasteiger partial charge in [0.1, 0.15) is 5.92 Å². The summed E-state index contributed by atoms with van der Waals surface area (Å²) >= 11 is 0. The van der Waals surface area contributed by atoms with E-state index in [4.69, 9.17) is 5.11 Å². The van der Waals surface area contributed by atoms with Crippen LogP contribution in [0.3, 0.4) is 0 Å². The number of aliphatic carboxylic acids is 1. The van der Waals surface area contributed by atoms with Crippen molar-refractivity contribution in [3.8, 4) is 0 Å². The van der Waals surface area contributed by atoms with Gasteiger partial charge in [-0.05, 0) is 18.3 Å². The lowest BCUT2D eigenvalue weighted by Gasteiger charge is -2.32. The lowest BCUT2D eigenvalue weighted by molar-refractivity contribution is -0.152. The van der Waals surface area contributed by atoms with Crippen LogP contribution in [0.5, 0.6) is 0 Å². The predicted molar refractivity (Wildman–Crippen MR) is 67.0 cm³/mol. The fraction of sp³-hybridized carbons (Fsp3) is 0.846. The second-order valence-electron chi connectivity index (χ2n) is 6.10. The molecule has 0 aromatic heterocycles. The van der Waals surface area contributed by atoms with Crippen LogP contribution in [0.15, 0.2) is 0 Å². The number of hydrogen-bond acceptors (Lipinski definition) is 3. The van der Waals surface area contributed by atoms with Crippen LogP contribution in [0.2, 0.25) is 0 Å². The zero-order valence-electron chi connectivity index (χ0n) is 11.3. The molecule has 0 aliphatic heterocycles. The lowest BCUT2D eigenvalue weighted by Crippen LogP contribution is -2.51. The van der Waals surface area contributed by atoms with Crippen LogP contribution in [0.1, 0.15) is 46.5 Å². The second-order valence-corrected chi connectivity index (χ2v) is 6.10.